The second-order valence-corrected chi connectivity index (χ2v) is 18.5. The first-order valence-corrected chi connectivity index (χ1v) is 25.8. The third-order valence-corrected chi connectivity index (χ3v) is 12.8. The van der Waals surface area contributed by atoms with Gasteiger partial charge in [0.2, 0.25) is 5.91 Å². The summed E-state index contributed by atoms with van der Waals surface area (Å²) < 4.78 is 11.2. The number of amides is 1. The van der Waals surface area contributed by atoms with Gasteiger partial charge in [0.05, 0.1) is 25.4 Å². The van der Waals surface area contributed by atoms with Gasteiger partial charge in [-0.2, -0.15) is 0 Å². The number of carbonyl (C=O) groups is 1. The van der Waals surface area contributed by atoms with Crippen LogP contribution in [-0.2, 0) is 14.3 Å². The molecule has 0 aromatic carbocycles. The largest absolute Gasteiger partial charge is 0.394 e. The number of rotatable bonds is 44. The van der Waals surface area contributed by atoms with Gasteiger partial charge in [0, 0.05) is 0 Å². The van der Waals surface area contributed by atoms with E-state index in [-0.39, 0.29) is 6.61 Å². The molecular weight excluding hydrogens is 759 g/mol. The van der Waals surface area contributed by atoms with Crippen molar-refractivity contribution < 1.29 is 44.9 Å². The van der Waals surface area contributed by atoms with Crippen LogP contribution in [0.15, 0.2) is 0 Å². The number of ether oxygens (including phenoxy) is 2. The van der Waals surface area contributed by atoms with Crippen molar-refractivity contribution in [3.63, 3.8) is 0 Å². The minimum absolute atomic E-state index is 0.250. The summed E-state index contributed by atoms with van der Waals surface area (Å²) >= 11 is 0. The topological polar surface area (TPSA) is 169 Å². The van der Waals surface area contributed by atoms with Gasteiger partial charge < -0.3 is 45.4 Å². The number of hydrogen-bond donors (Lipinski definition) is 7. The molecule has 0 aromatic heterocycles. The number of unbranched alkanes of at least 4 members (excludes halogenated alkanes) is 33. The summed E-state index contributed by atoms with van der Waals surface area (Å²) in [5.41, 5.74) is 0. The number of aliphatic hydroxyl groups excluding tert-OH is 6. The Hall–Kier alpha value is -0.850. The molecule has 1 amide bonds. The van der Waals surface area contributed by atoms with E-state index in [0.29, 0.717) is 12.8 Å². The van der Waals surface area contributed by atoms with E-state index in [1.165, 1.54) is 186 Å². The maximum absolute atomic E-state index is 13.1. The van der Waals surface area contributed by atoms with Gasteiger partial charge in [0.25, 0.3) is 0 Å². The van der Waals surface area contributed by atoms with Gasteiger partial charge >= 0.3 is 0 Å². The fourth-order valence-electron chi connectivity index (χ4n) is 8.58. The van der Waals surface area contributed by atoms with Crippen molar-refractivity contribution >= 4 is 5.91 Å². The molecule has 0 bridgehead atoms. The summed E-state index contributed by atoms with van der Waals surface area (Å²) in [7, 11) is 0. The third-order valence-electron chi connectivity index (χ3n) is 12.8. The average molecular weight is 858 g/mol. The quantitative estimate of drug-likeness (QED) is 0.0295. The minimum atomic E-state index is -1.59. The van der Waals surface area contributed by atoms with E-state index < -0.39 is 61.5 Å². The van der Waals surface area contributed by atoms with Crippen LogP contribution in [0.3, 0.4) is 0 Å². The van der Waals surface area contributed by atoms with Crippen LogP contribution in [0, 0.1) is 0 Å². The van der Waals surface area contributed by atoms with E-state index in [2.05, 4.69) is 19.2 Å². The first kappa shape index (κ1) is 57.2. The van der Waals surface area contributed by atoms with Gasteiger partial charge in [-0.3, -0.25) is 4.79 Å². The van der Waals surface area contributed by atoms with Crippen LogP contribution in [-0.4, -0.2) is 98.7 Å². The SMILES string of the molecule is CCCCCCCCCCCCCCCCCCCCCC(O)C(=O)NC(COC1OC(CO)C(O)C(O)C1O)C(O)CCCCCCCCCCCCCCCCCC. The van der Waals surface area contributed by atoms with Crippen LogP contribution < -0.4 is 5.32 Å². The van der Waals surface area contributed by atoms with Gasteiger partial charge in [-0.15, -0.1) is 0 Å². The number of carbonyl (C=O) groups excluding carboxylic acids is 1. The van der Waals surface area contributed by atoms with E-state index in [1.54, 1.807) is 0 Å². The highest BCUT2D eigenvalue weighted by molar-refractivity contribution is 5.80. The molecule has 60 heavy (non-hydrogen) atoms. The summed E-state index contributed by atoms with van der Waals surface area (Å²) in [5.74, 6) is -0.578. The van der Waals surface area contributed by atoms with Crippen molar-refractivity contribution in [1.82, 2.24) is 5.32 Å². The molecule has 8 atom stereocenters. The summed E-state index contributed by atoms with van der Waals surface area (Å²) in [6, 6.07) is -0.888. The predicted octanol–water partition coefficient (Wildman–Crippen LogP) is 10.5. The highest BCUT2D eigenvalue weighted by Gasteiger charge is 2.44. The molecule has 1 saturated heterocycles. The maximum Gasteiger partial charge on any atom is 0.249 e. The minimum Gasteiger partial charge on any atom is -0.394 e. The molecule has 8 unspecified atom stereocenters. The smallest absolute Gasteiger partial charge is 0.249 e. The molecule has 0 aromatic rings. The van der Waals surface area contributed by atoms with Crippen LogP contribution >= 0.6 is 0 Å². The summed E-state index contributed by atoms with van der Waals surface area (Å²) in [6.07, 6.45) is 35.8. The Balaban J connectivity index is 2.31. The van der Waals surface area contributed by atoms with Gasteiger partial charge in [-0.1, -0.05) is 239 Å². The molecule has 1 heterocycles. The van der Waals surface area contributed by atoms with Crippen molar-refractivity contribution in [2.75, 3.05) is 13.2 Å². The lowest BCUT2D eigenvalue weighted by molar-refractivity contribution is -0.302. The molecule has 1 aliphatic rings. The van der Waals surface area contributed by atoms with E-state index >= 15 is 0 Å². The highest BCUT2D eigenvalue weighted by Crippen LogP contribution is 2.23. The maximum atomic E-state index is 13.1. The van der Waals surface area contributed by atoms with Gasteiger partial charge in [-0.05, 0) is 12.8 Å². The Morgan fingerprint density at radius 1 is 0.500 bits per heavy atom. The predicted molar refractivity (Wildman–Crippen MR) is 246 cm³/mol. The van der Waals surface area contributed by atoms with Gasteiger partial charge in [-0.25, -0.2) is 0 Å². The fourth-order valence-corrected chi connectivity index (χ4v) is 8.58. The monoisotopic (exact) mass is 858 g/mol. The standard InChI is InChI=1S/C50H99NO9/c1-3-5-7-9-11-13-15-17-19-21-22-23-25-27-29-31-33-35-37-39-44(54)49(58)51-42(41-59-50-48(57)47(56)46(55)45(40-52)60-50)43(53)38-36-34-32-30-28-26-24-20-18-16-14-12-10-8-6-4-2/h42-48,50,52-57H,3-41H2,1-2H3,(H,51,58). The van der Waals surface area contributed by atoms with Crippen LogP contribution in [0.25, 0.3) is 0 Å². The van der Waals surface area contributed by atoms with E-state index in [9.17, 15) is 35.4 Å². The molecule has 7 N–H and O–H groups in total. The van der Waals surface area contributed by atoms with Crippen LogP contribution in [0.5, 0.6) is 0 Å². The van der Waals surface area contributed by atoms with Crippen LogP contribution in [0.2, 0.25) is 0 Å². The first-order valence-electron chi connectivity index (χ1n) is 25.8. The van der Waals surface area contributed by atoms with Crippen molar-refractivity contribution in [3.05, 3.63) is 0 Å². The zero-order valence-corrected chi connectivity index (χ0v) is 39.1. The molecule has 358 valence electrons. The van der Waals surface area contributed by atoms with E-state index in [4.69, 9.17) is 9.47 Å². The average Bonchev–Trinajstić information content (AvgIpc) is 3.25. The number of aliphatic hydroxyl groups is 6. The van der Waals surface area contributed by atoms with Crippen molar-refractivity contribution in [3.8, 4) is 0 Å². The van der Waals surface area contributed by atoms with Crippen molar-refractivity contribution in [1.29, 1.82) is 0 Å². The highest BCUT2D eigenvalue weighted by atomic mass is 16.7. The lowest BCUT2D eigenvalue weighted by atomic mass is 9.99. The normalized spacial score (nSPS) is 21.0. The lowest BCUT2D eigenvalue weighted by Crippen LogP contribution is -2.60. The van der Waals surface area contributed by atoms with Crippen LogP contribution in [0.1, 0.15) is 251 Å². The second-order valence-electron chi connectivity index (χ2n) is 18.5. The molecule has 10 heteroatoms. The Morgan fingerprint density at radius 2 is 0.833 bits per heavy atom. The number of hydrogen-bond acceptors (Lipinski definition) is 9. The fraction of sp³-hybridized carbons (Fsp3) is 0.980. The Labute approximate surface area is 368 Å². The molecule has 1 aliphatic heterocycles. The number of nitrogens with one attached hydrogen (secondary N) is 1. The van der Waals surface area contributed by atoms with E-state index in [1.807, 2.05) is 0 Å². The summed E-state index contributed by atoms with van der Waals surface area (Å²) in [5, 5.41) is 65.0. The molecule has 0 radical (unpaired) electrons. The molecule has 0 aliphatic carbocycles. The lowest BCUT2D eigenvalue weighted by Gasteiger charge is -2.40. The molecule has 10 nitrogen and oxygen atoms in total. The second kappa shape index (κ2) is 40.9. The Morgan fingerprint density at radius 3 is 1.18 bits per heavy atom. The third kappa shape index (κ3) is 30.3. The molecule has 1 fully saturated rings. The molecular formula is C50H99NO9. The summed E-state index contributed by atoms with van der Waals surface area (Å²) in [4.78, 5) is 13.1. The first-order chi connectivity index (χ1) is 29.3. The zero-order chi connectivity index (χ0) is 43.9. The summed E-state index contributed by atoms with van der Waals surface area (Å²) in [6.45, 7) is 3.70. The zero-order valence-electron chi connectivity index (χ0n) is 39.1. The van der Waals surface area contributed by atoms with E-state index in [0.717, 1.165) is 38.5 Å². The van der Waals surface area contributed by atoms with Crippen molar-refractivity contribution in [2.24, 2.45) is 0 Å². The van der Waals surface area contributed by atoms with Crippen LogP contribution in [0.4, 0.5) is 0 Å². The molecule has 0 spiro atoms. The van der Waals surface area contributed by atoms with Gasteiger partial charge in [0.15, 0.2) is 6.29 Å². The van der Waals surface area contributed by atoms with Crippen molar-refractivity contribution in [2.45, 2.75) is 300 Å². The molecule has 1 rings (SSSR count). The Bertz CT molecular complexity index is 926. The Kier molecular flexibility index (Phi) is 39.0. The van der Waals surface area contributed by atoms with Gasteiger partial charge in [0.1, 0.15) is 30.5 Å². The molecule has 0 saturated carbocycles.